The standard InChI is InChI=1S/C9H14N2O2/c1-4-7-8(6(3)12)5(2)10-9(13)11-7/h7H,4H2,1-3H3,(H2,10,11,13)/t7-/m1/s1. The molecule has 4 nitrogen and oxygen atoms in total. The molecule has 0 saturated carbocycles. The van der Waals surface area contributed by atoms with E-state index in [4.69, 9.17) is 0 Å². The molecule has 4 heteroatoms. The van der Waals surface area contributed by atoms with Crippen molar-refractivity contribution in [2.24, 2.45) is 0 Å². The molecule has 1 rings (SSSR count). The molecular weight excluding hydrogens is 168 g/mol. The van der Waals surface area contributed by atoms with E-state index in [1.54, 1.807) is 6.92 Å². The van der Waals surface area contributed by atoms with Gasteiger partial charge in [-0.3, -0.25) is 4.79 Å². The number of allylic oxidation sites excluding steroid dienone is 1. The van der Waals surface area contributed by atoms with Crippen molar-refractivity contribution in [1.29, 1.82) is 0 Å². The van der Waals surface area contributed by atoms with Gasteiger partial charge in [0.25, 0.3) is 0 Å². The quantitative estimate of drug-likeness (QED) is 0.667. The van der Waals surface area contributed by atoms with Crippen LogP contribution in [-0.4, -0.2) is 17.9 Å². The Hall–Kier alpha value is -1.32. The largest absolute Gasteiger partial charge is 0.331 e. The number of rotatable bonds is 2. The van der Waals surface area contributed by atoms with Crippen LogP contribution in [0.15, 0.2) is 11.3 Å². The van der Waals surface area contributed by atoms with E-state index in [0.717, 1.165) is 6.42 Å². The summed E-state index contributed by atoms with van der Waals surface area (Å²) in [6.07, 6.45) is 0.736. The molecular formula is C9H14N2O2. The summed E-state index contributed by atoms with van der Waals surface area (Å²) >= 11 is 0. The fourth-order valence-electron chi connectivity index (χ4n) is 1.58. The Labute approximate surface area is 77.4 Å². The van der Waals surface area contributed by atoms with E-state index in [0.29, 0.717) is 11.3 Å². The maximum absolute atomic E-state index is 11.2. The highest BCUT2D eigenvalue weighted by Crippen LogP contribution is 2.15. The van der Waals surface area contributed by atoms with Gasteiger partial charge < -0.3 is 10.6 Å². The van der Waals surface area contributed by atoms with Crippen molar-refractivity contribution < 1.29 is 9.59 Å². The first-order chi connectivity index (χ1) is 6.06. The number of hydrogen-bond acceptors (Lipinski definition) is 2. The number of carbonyl (C=O) groups excluding carboxylic acids is 2. The Balaban J connectivity index is 3.02. The topological polar surface area (TPSA) is 58.2 Å². The predicted molar refractivity (Wildman–Crippen MR) is 49.1 cm³/mol. The molecule has 2 amide bonds. The fourth-order valence-corrected chi connectivity index (χ4v) is 1.58. The van der Waals surface area contributed by atoms with Crippen LogP contribution in [0.5, 0.6) is 0 Å². The number of ketones is 1. The van der Waals surface area contributed by atoms with E-state index in [9.17, 15) is 9.59 Å². The van der Waals surface area contributed by atoms with Gasteiger partial charge in [0.15, 0.2) is 5.78 Å². The second-order valence-corrected chi connectivity index (χ2v) is 3.15. The number of carbonyl (C=O) groups is 2. The van der Waals surface area contributed by atoms with Crippen LogP contribution in [0.2, 0.25) is 0 Å². The van der Waals surface area contributed by atoms with Crippen molar-refractivity contribution in [3.8, 4) is 0 Å². The van der Waals surface area contributed by atoms with Gasteiger partial charge >= 0.3 is 6.03 Å². The van der Waals surface area contributed by atoms with Gasteiger partial charge in [-0.05, 0) is 20.3 Å². The monoisotopic (exact) mass is 182 g/mol. The van der Waals surface area contributed by atoms with Crippen LogP contribution in [0.25, 0.3) is 0 Å². The Morgan fingerprint density at radius 3 is 2.62 bits per heavy atom. The molecule has 0 aliphatic carbocycles. The molecule has 0 aromatic heterocycles. The number of nitrogens with one attached hydrogen (secondary N) is 2. The van der Waals surface area contributed by atoms with Crippen LogP contribution in [0.3, 0.4) is 0 Å². The minimum absolute atomic E-state index is 0.0110. The molecule has 1 aliphatic rings. The summed E-state index contributed by atoms with van der Waals surface area (Å²) in [7, 11) is 0. The van der Waals surface area contributed by atoms with E-state index < -0.39 is 0 Å². The molecule has 0 aromatic rings. The van der Waals surface area contributed by atoms with E-state index in [2.05, 4.69) is 10.6 Å². The molecule has 1 aliphatic heterocycles. The van der Waals surface area contributed by atoms with E-state index in [1.165, 1.54) is 6.92 Å². The highest BCUT2D eigenvalue weighted by molar-refractivity contribution is 5.98. The summed E-state index contributed by atoms with van der Waals surface area (Å²) in [5.41, 5.74) is 1.35. The van der Waals surface area contributed by atoms with Gasteiger partial charge in [0.2, 0.25) is 0 Å². The molecule has 0 bridgehead atoms. The lowest BCUT2D eigenvalue weighted by Gasteiger charge is -2.26. The molecule has 0 radical (unpaired) electrons. The number of hydrogen-bond donors (Lipinski definition) is 2. The lowest BCUT2D eigenvalue weighted by molar-refractivity contribution is -0.114. The van der Waals surface area contributed by atoms with Crippen LogP contribution in [0, 0.1) is 0 Å². The lowest BCUT2D eigenvalue weighted by Crippen LogP contribution is -2.49. The summed E-state index contributed by atoms with van der Waals surface area (Å²) in [5, 5.41) is 5.28. The zero-order chi connectivity index (χ0) is 10.0. The van der Waals surface area contributed by atoms with Gasteiger partial charge in [-0.15, -0.1) is 0 Å². The SMILES string of the molecule is CC[C@H]1NC(=O)NC(C)=C1C(C)=O. The fraction of sp³-hybridized carbons (Fsp3) is 0.556. The molecule has 1 atom stereocenters. The summed E-state index contributed by atoms with van der Waals surface area (Å²) in [5.74, 6) is 0.0110. The summed E-state index contributed by atoms with van der Waals surface area (Å²) in [6, 6.07) is -0.361. The lowest BCUT2D eigenvalue weighted by atomic mass is 9.98. The second-order valence-electron chi connectivity index (χ2n) is 3.15. The van der Waals surface area contributed by atoms with Crippen LogP contribution in [-0.2, 0) is 4.79 Å². The Kier molecular flexibility index (Phi) is 2.70. The minimum atomic E-state index is -0.227. The molecule has 0 unspecified atom stereocenters. The highest BCUT2D eigenvalue weighted by Gasteiger charge is 2.25. The first-order valence-corrected chi connectivity index (χ1v) is 4.35. The molecule has 72 valence electrons. The van der Waals surface area contributed by atoms with Gasteiger partial charge in [0, 0.05) is 11.3 Å². The van der Waals surface area contributed by atoms with Crippen molar-refractivity contribution in [3.05, 3.63) is 11.3 Å². The Morgan fingerprint density at radius 2 is 2.15 bits per heavy atom. The average Bonchev–Trinajstić information content (AvgIpc) is 2.01. The summed E-state index contributed by atoms with van der Waals surface area (Å²) in [6.45, 7) is 5.20. The molecule has 2 N–H and O–H groups in total. The third-order valence-corrected chi connectivity index (χ3v) is 2.15. The van der Waals surface area contributed by atoms with Crippen molar-refractivity contribution in [2.75, 3.05) is 0 Å². The Bertz CT molecular complexity index is 281. The van der Waals surface area contributed by atoms with Crippen molar-refractivity contribution in [2.45, 2.75) is 33.2 Å². The molecule has 13 heavy (non-hydrogen) atoms. The molecule has 0 saturated heterocycles. The van der Waals surface area contributed by atoms with Gasteiger partial charge in [0.05, 0.1) is 6.04 Å². The van der Waals surface area contributed by atoms with E-state index >= 15 is 0 Å². The number of amides is 2. The van der Waals surface area contributed by atoms with E-state index in [1.807, 2.05) is 6.92 Å². The van der Waals surface area contributed by atoms with Crippen LogP contribution in [0.4, 0.5) is 4.79 Å². The first kappa shape index (κ1) is 9.77. The normalized spacial score (nSPS) is 22.4. The number of Topliss-reactive ketones (excluding diaryl/α,β-unsaturated/α-hetero) is 1. The minimum Gasteiger partial charge on any atom is -0.331 e. The zero-order valence-corrected chi connectivity index (χ0v) is 8.10. The van der Waals surface area contributed by atoms with Gasteiger partial charge in [0.1, 0.15) is 0 Å². The van der Waals surface area contributed by atoms with Gasteiger partial charge in [-0.25, -0.2) is 4.79 Å². The second kappa shape index (κ2) is 3.60. The van der Waals surface area contributed by atoms with Gasteiger partial charge in [-0.2, -0.15) is 0 Å². The van der Waals surface area contributed by atoms with Gasteiger partial charge in [-0.1, -0.05) is 6.92 Å². The van der Waals surface area contributed by atoms with Crippen LogP contribution < -0.4 is 10.6 Å². The predicted octanol–water partition coefficient (Wildman–Crippen LogP) is 0.941. The maximum atomic E-state index is 11.2. The first-order valence-electron chi connectivity index (χ1n) is 4.35. The van der Waals surface area contributed by atoms with Crippen molar-refractivity contribution in [1.82, 2.24) is 10.6 Å². The smallest absolute Gasteiger partial charge is 0.319 e. The van der Waals surface area contributed by atoms with Crippen molar-refractivity contribution in [3.63, 3.8) is 0 Å². The third-order valence-electron chi connectivity index (χ3n) is 2.15. The molecule has 0 fully saturated rings. The Morgan fingerprint density at radius 1 is 1.54 bits per heavy atom. The summed E-state index contributed by atoms with van der Waals surface area (Å²) in [4.78, 5) is 22.3. The van der Waals surface area contributed by atoms with Crippen molar-refractivity contribution >= 4 is 11.8 Å². The van der Waals surface area contributed by atoms with E-state index in [-0.39, 0.29) is 17.9 Å². The maximum Gasteiger partial charge on any atom is 0.319 e. The zero-order valence-electron chi connectivity index (χ0n) is 8.10. The molecule has 0 aromatic carbocycles. The van der Waals surface area contributed by atoms with Crippen LogP contribution >= 0.6 is 0 Å². The molecule has 1 heterocycles. The number of urea groups is 1. The van der Waals surface area contributed by atoms with Crippen LogP contribution in [0.1, 0.15) is 27.2 Å². The third kappa shape index (κ3) is 1.88. The molecule has 0 spiro atoms. The average molecular weight is 182 g/mol. The summed E-state index contributed by atoms with van der Waals surface area (Å²) < 4.78 is 0. The highest BCUT2D eigenvalue weighted by atomic mass is 16.2.